The Balaban J connectivity index is 1.65. The van der Waals surface area contributed by atoms with E-state index in [-0.39, 0.29) is 22.8 Å². The molecule has 3 aromatic carbocycles. The van der Waals surface area contributed by atoms with Gasteiger partial charge in [0.1, 0.15) is 11.5 Å². The van der Waals surface area contributed by atoms with Crippen LogP contribution < -0.4 is 18.9 Å². The Morgan fingerprint density at radius 3 is 1.85 bits per heavy atom. The quantitative estimate of drug-likeness (QED) is 0.279. The molecule has 7 heteroatoms. The van der Waals surface area contributed by atoms with Crippen molar-refractivity contribution in [1.82, 2.24) is 0 Å². The highest BCUT2D eigenvalue weighted by molar-refractivity contribution is 5.93. The third-order valence-electron chi connectivity index (χ3n) is 4.62. The fourth-order valence-corrected chi connectivity index (χ4v) is 2.81. The van der Waals surface area contributed by atoms with Crippen LogP contribution in [-0.2, 0) is 11.2 Å². The molecule has 0 N–H and O–H groups in total. The minimum absolute atomic E-state index is 0.145. The van der Waals surface area contributed by atoms with Crippen molar-refractivity contribution in [2.24, 2.45) is 0 Å². The molecule has 0 saturated carbocycles. The van der Waals surface area contributed by atoms with Crippen molar-refractivity contribution in [2.45, 2.75) is 13.3 Å². The van der Waals surface area contributed by atoms with Crippen molar-refractivity contribution in [3.63, 3.8) is 0 Å². The van der Waals surface area contributed by atoms with Crippen molar-refractivity contribution < 1.29 is 33.3 Å². The van der Waals surface area contributed by atoms with Gasteiger partial charge in [0.2, 0.25) is 0 Å². The molecule has 0 bridgehead atoms. The molecule has 3 aromatic rings. The van der Waals surface area contributed by atoms with Crippen molar-refractivity contribution in [1.29, 1.82) is 0 Å². The second kappa shape index (κ2) is 10.8. The van der Waals surface area contributed by atoms with E-state index in [2.05, 4.69) is 6.58 Å². The Bertz CT molecular complexity index is 1160. The number of benzene rings is 3. The molecule has 0 aliphatic rings. The predicted octanol–water partition coefficient (Wildman–Crippen LogP) is 4.79. The molecular weight excluding hydrogens is 424 g/mol. The molecule has 168 valence electrons. The van der Waals surface area contributed by atoms with E-state index in [0.29, 0.717) is 11.3 Å². The van der Waals surface area contributed by atoms with E-state index < -0.39 is 17.9 Å². The van der Waals surface area contributed by atoms with Crippen LogP contribution in [0, 0.1) is 0 Å². The van der Waals surface area contributed by atoms with E-state index in [1.165, 1.54) is 49.6 Å². The first-order chi connectivity index (χ1) is 15.9. The standard InChI is InChI=1S/C26H22O7/c1-4-17-6-11-20(12-7-17)31-25(28)18-8-13-21(14-9-18)32-26(29)19-10-15-22(23(16-19)30-3)33-24(27)5-2/h5-16H,2,4H2,1,3H3. The summed E-state index contributed by atoms with van der Waals surface area (Å²) in [5, 5.41) is 0. The summed E-state index contributed by atoms with van der Waals surface area (Å²) in [5.74, 6) is -0.808. The average molecular weight is 446 g/mol. The lowest BCUT2D eigenvalue weighted by Crippen LogP contribution is -2.11. The predicted molar refractivity (Wildman–Crippen MR) is 121 cm³/mol. The number of carbonyl (C=O) groups is 3. The summed E-state index contributed by atoms with van der Waals surface area (Å²) in [6.07, 6.45) is 1.91. The van der Waals surface area contributed by atoms with Crippen LogP contribution in [0.1, 0.15) is 33.2 Å². The highest BCUT2D eigenvalue weighted by Crippen LogP contribution is 2.29. The number of rotatable bonds is 8. The number of ether oxygens (including phenoxy) is 4. The summed E-state index contributed by atoms with van der Waals surface area (Å²) in [4.78, 5) is 36.2. The Morgan fingerprint density at radius 2 is 1.30 bits per heavy atom. The summed E-state index contributed by atoms with van der Waals surface area (Å²) in [7, 11) is 1.38. The molecule has 3 rings (SSSR count). The smallest absolute Gasteiger partial charge is 0.343 e. The van der Waals surface area contributed by atoms with Gasteiger partial charge in [0.15, 0.2) is 11.5 Å². The molecule has 0 aromatic heterocycles. The first kappa shape index (κ1) is 23.3. The van der Waals surface area contributed by atoms with Gasteiger partial charge in [-0.2, -0.15) is 0 Å². The van der Waals surface area contributed by atoms with E-state index in [4.69, 9.17) is 18.9 Å². The summed E-state index contributed by atoms with van der Waals surface area (Å²) < 4.78 is 20.9. The highest BCUT2D eigenvalue weighted by atomic mass is 16.6. The van der Waals surface area contributed by atoms with Gasteiger partial charge in [0, 0.05) is 6.08 Å². The zero-order valence-electron chi connectivity index (χ0n) is 18.2. The van der Waals surface area contributed by atoms with Crippen molar-refractivity contribution in [3.8, 4) is 23.0 Å². The maximum atomic E-state index is 12.5. The largest absolute Gasteiger partial charge is 0.493 e. The zero-order chi connectivity index (χ0) is 23.8. The van der Waals surface area contributed by atoms with E-state index >= 15 is 0 Å². The van der Waals surface area contributed by atoms with Crippen LogP contribution in [0.15, 0.2) is 79.4 Å². The number of hydrogen-bond acceptors (Lipinski definition) is 7. The summed E-state index contributed by atoms with van der Waals surface area (Å²) in [6, 6.07) is 17.5. The van der Waals surface area contributed by atoms with Crippen LogP contribution >= 0.6 is 0 Å². The molecule has 7 nitrogen and oxygen atoms in total. The molecule has 0 aliphatic carbocycles. The Labute approximate surface area is 191 Å². The Morgan fingerprint density at radius 1 is 0.758 bits per heavy atom. The van der Waals surface area contributed by atoms with Gasteiger partial charge in [-0.25, -0.2) is 14.4 Å². The van der Waals surface area contributed by atoms with Crippen LogP contribution in [0.4, 0.5) is 0 Å². The minimum Gasteiger partial charge on any atom is -0.493 e. The molecule has 0 unspecified atom stereocenters. The maximum Gasteiger partial charge on any atom is 0.343 e. The van der Waals surface area contributed by atoms with Crippen LogP contribution in [0.5, 0.6) is 23.0 Å². The second-order valence-corrected chi connectivity index (χ2v) is 6.79. The molecule has 0 atom stereocenters. The van der Waals surface area contributed by atoms with Gasteiger partial charge in [0.05, 0.1) is 18.2 Å². The van der Waals surface area contributed by atoms with Crippen LogP contribution in [0.2, 0.25) is 0 Å². The normalized spacial score (nSPS) is 10.1. The van der Waals surface area contributed by atoms with Crippen molar-refractivity contribution >= 4 is 17.9 Å². The molecule has 0 aliphatic heterocycles. The third kappa shape index (κ3) is 6.07. The maximum absolute atomic E-state index is 12.5. The average Bonchev–Trinajstić information content (AvgIpc) is 2.85. The lowest BCUT2D eigenvalue weighted by Gasteiger charge is -2.10. The molecular formula is C26H22O7. The van der Waals surface area contributed by atoms with Gasteiger partial charge in [-0.3, -0.25) is 0 Å². The molecule has 0 fully saturated rings. The van der Waals surface area contributed by atoms with Gasteiger partial charge in [0.25, 0.3) is 0 Å². The lowest BCUT2D eigenvalue weighted by molar-refractivity contribution is -0.129. The molecule has 0 heterocycles. The molecule has 0 radical (unpaired) electrons. The summed E-state index contributed by atoms with van der Waals surface area (Å²) in [5.41, 5.74) is 1.64. The first-order valence-electron chi connectivity index (χ1n) is 10.1. The molecule has 0 saturated heterocycles. The Kier molecular flexibility index (Phi) is 7.60. The van der Waals surface area contributed by atoms with Crippen LogP contribution in [-0.4, -0.2) is 25.0 Å². The lowest BCUT2D eigenvalue weighted by atomic mass is 10.2. The number of hydrogen-bond donors (Lipinski definition) is 0. The third-order valence-corrected chi connectivity index (χ3v) is 4.62. The van der Waals surface area contributed by atoms with Crippen molar-refractivity contribution in [2.75, 3.05) is 7.11 Å². The Hall–Kier alpha value is -4.39. The summed E-state index contributed by atoms with van der Waals surface area (Å²) in [6.45, 7) is 5.37. The molecule has 33 heavy (non-hydrogen) atoms. The number of esters is 3. The molecule has 0 spiro atoms. The van der Waals surface area contributed by atoms with E-state index in [1.807, 2.05) is 19.1 Å². The fraction of sp³-hybridized carbons (Fsp3) is 0.115. The van der Waals surface area contributed by atoms with Gasteiger partial charge in [-0.15, -0.1) is 0 Å². The highest BCUT2D eigenvalue weighted by Gasteiger charge is 2.15. The van der Waals surface area contributed by atoms with Gasteiger partial charge in [-0.05, 0) is 66.6 Å². The monoisotopic (exact) mass is 446 g/mol. The van der Waals surface area contributed by atoms with Crippen molar-refractivity contribution in [3.05, 3.63) is 96.1 Å². The summed E-state index contributed by atoms with van der Waals surface area (Å²) >= 11 is 0. The van der Waals surface area contributed by atoms with Crippen LogP contribution in [0.3, 0.4) is 0 Å². The second-order valence-electron chi connectivity index (χ2n) is 6.79. The molecule has 0 amide bonds. The zero-order valence-corrected chi connectivity index (χ0v) is 18.2. The number of methoxy groups -OCH3 is 1. The number of carbonyl (C=O) groups excluding carboxylic acids is 3. The SMILES string of the molecule is C=CC(=O)Oc1ccc(C(=O)Oc2ccc(C(=O)Oc3ccc(CC)cc3)cc2)cc1OC. The van der Waals surface area contributed by atoms with E-state index in [0.717, 1.165) is 18.1 Å². The van der Waals surface area contributed by atoms with E-state index in [9.17, 15) is 14.4 Å². The van der Waals surface area contributed by atoms with Crippen LogP contribution in [0.25, 0.3) is 0 Å². The first-order valence-corrected chi connectivity index (χ1v) is 10.1. The van der Waals surface area contributed by atoms with Gasteiger partial charge in [-0.1, -0.05) is 25.6 Å². The number of aryl methyl sites for hydroxylation is 1. The van der Waals surface area contributed by atoms with Gasteiger partial charge >= 0.3 is 17.9 Å². The fourth-order valence-electron chi connectivity index (χ4n) is 2.81. The van der Waals surface area contributed by atoms with Gasteiger partial charge < -0.3 is 18.9 Å². The minimum atomic E-state index is -0.653. The van der Waals surface area contributed by atoms with E-state index in [1.54, 1.807) is 12.1 Å². The topological polar surface area (TPSA) is 88.1 Å².